The normalized spacial score (nSPS) is 10.8. The van der Waals surface area contributed by atoms with E-state index in [1.165, 1.54) is 16.0 Å². The van der Waals surface area contributed by atoms with Gasteiger partial charge in [0.05, 0.1) is 11.8 Å². The molecule has 0 fully saturated rings. The molecule has 0 amide bonds. The molecule has 0 aliphatic rings. The Balaban J connectivity index is 2.22. The molecule has 106 valence electrons. The van der Waals surface area contributed by atoms with Crippen LogP contribution in [0, 0.1) is 13.8 Å². The number of anilines is 1. The van der Waals surface area contributed by atoms with E-state index in [9.17, 15) is 0 Å². The standard InChI is InChI=1S/C17H21NOS/c1-11(2)19-17-10-15(7-8-16(17)18)20-14-6-5-12(3)13(4)9-14/h5-11H,18H2,1-4H3. The van der Waals surface area contributed by atoms with E-state index < -0.39 is 0 Å². The number of hydrogen-bond donors (Lipinski definition) is 1. The topological polar surface area (TPSA) is 35.2 Å². The molecule has 20 heavy (non-hydrogen) atoms. The zero-order valence-corrected chi connectivity index (χ0v) is 13.3. The van der Waals surface area contributed by atoms with Crippen LogP contribution >= 0.6 is 11.8 Å². The average molecular weight is 287 g/mol. The number of benzene rings is 2. The van der Waals surface area contributed by atoms with Crippen molar-refractivity contribution in [2.24, 2.45) is 0 Å². The van der Waals surface area contributed by atoms with Gasteiger partial charge in [0.25, 0.3) is 0 Å². The molecule has 0 aliphatic carbocycles. The van der Waals surface area contributed by atoms with E-state index in [2.05, 4.69) is 32.0 Å². The molecule has 2 aromatic carbocycles. The Morgan fingerprint density at radius 3 is 2.25 bits per heavy atom. The van der Waals surface area contributed by atoms with Gasteiger partial charge in [0.2, 0.25) is 0 Å². The second kappa shape index (κ2) is 6.23. The quantitative estimate of drug-likeness (QED) is 0.818. The second-order valence-electron chi connectivity index (χ2n) is 5.21. The van der Waals surface area contributed by atoms with E-state index >= 15 is 0 Å². The van der Waals surface area contributed by atoms with Crippen LogP contribution in [0.1, 0.15) is 25.0 Å². The number of rotatable bonds is 4. The van der Waals surface area contributed by atoms with E-state index in [1.54, 1.807) is 11.8 Å². The molecule has 2 rings (SSSR count). The van der Waals surface area contributed by atoms with Gasteiger partial charge in [-0.3, -0.25) is 0 Å². The summed E-state index contributed by atoms with van der Waals surface area (Å²) in [5.41, 5.74) is 9.25. The van der Waals surface area contributed by atoms with E-state index in [-0.39, 0.29) is 6.10 Å². The first-order valence-corrected chi connectivity index (χ1v) is 7.58. The fraction of sp³-hybridized carbons (Fsp3) is 0.294. The molecule has 0 atom stereocenters. The van der Waals surface area contributed by atoms with Crippen LogP contribution in [0.4, 0.5) is 5.69 Å². The van der Waals surface area contributed by atoms with Crippen molar-refractivity contribution < 1.29 is 4.74 Å². The number of aryl methyl sites for hydroxylation is 2. The summed E-state index contributed by atoms with van der Waals surface area (Å²) in [5, 5.41) is 0. The molecule has 2 aromatic rings. The molecule has 0 heterocycles. The molecule has 2 nitrogen and oxygen atoms in total. The molecule has 3 heteroatoms. The third-order valence-corrected chi connectivity index (χ3v) is 4.04. The average Bonchev–Trinajstić information content (AvgIpc) is 2.37. The van der Waals surface area contributed by atoms with Crippen molar-refractivity contribution in [2.45, 2.75) is 43.6 Å². The Bertz CT molecular complexity index is 608. The van der Waals surface area contributed by atoms with Gasteiger partial charge < -0.3 is 10.5 Å². The van der Waals surface area contributed by atoms with Gasteiger partial charge in [-0.25, -0.2) is 0 Å². The summed E-state index contributed by atoms with van der Waals surface area (Å²) >= 11 is 1.72. The van der Waals surface area contributed by atoms with E-state index in [0.717, 1.165) is 10.6 Å². The van der Waals surface area contributed by atoms with Crippen molar-refractivity contribution >= 4 is 17.4 Å². The summed E-state index contributed by atoms with van der Waals surface area (Å²) in [6.07, 6.45) is 0.124. The van der Waals surface area contributed by atoms with Gasteiger partial charge in [0.1, 0.15) is 5.75 Å². The van der Waals surface area contributed by atoms with Crippen molar-refractivity contribution in [3.05, 3.63) is 47.5 Å². The van der Waals surface area contributed by atoms with Crippen LogP contribution in [0.3, 0.4) is 0 Å². The van der Waals surface area contributed by atoms with Crippen LogP contribution in [0.2, 0.25) is 0 Å². The van der Waals surface area contributed by atoms with E-state index in [4.69, 9.17) is 10.5 Å². The number of ether oxygens (including phenoxy) is 1. The summed E-state index contributed by atoms with van der Waals surface area (Å²) in [6, 6.07) is 12.4. The monoisotopic (exact) mass is 287 g/mol. The third-order valence-electron chi connectivity index (χ3n) is 3.06. The van der Waals surface area contributed by atoms with Crippen LogP contribution in [0.5, 0.6) is 5.75 Å². The molecule has 0 radical (unpaired) electrons. The van der Waals surface area contributed by atoms with Crippen molar-refractivity contribution in [3.8, 4) is 5.75 Å². The van der Waals surface area contributed by atoms with Gasteiger partial charge in [-0.1, -0.05) is 17.8 Å². The van der Waals surface area contributed by atoms with Gasteiger partial charge in [-0.2, -0.15) is 0 Å². The minimum absolute atomic E-state index is 0.124. The minimum Gasteiger partial charge on any atom is -0.489 e. The highest BCUT2D eigenvalue weighted by Gasteiger charge is 2.06. The third kappa shape index (κ3) is 3.70. The SMILES string of the molecule is Cc1ccc(Sc2ccc(N)c(OC(C)C)c2)cc1C. The Kier molecular flexibility index (Phi) is 4.61. The smallest absolute Gasteiger partial charge is 0.143 e. The maximum absolute atomic E-state index is 5.94. The molecular weight excluding hydrogens is 266 g/mol. The lowest BCUT2D eigenvalue weighted by Gasteiger charge is -2.13. The van der Waals surface area contributed by atoms with E-state index in [0.29, 0.717) is 5.69 Å². The molecule has 0 aliphatic heterocycles. The Hall–Kier alpha value is -1.61. The molecule has 0 bridgehead atoms. The molecule has 0 aromatic heterocycles. The number of nitrogens with two attached hydrogens (primary N) is 1. The van der Waals surface area contributed by atoms with E-state index in [1.807, 2.05) is 32.0 Å². The fourth-order valence-corrected chi connectivity index (χ4v) is 2.79. The first-order valence-electron chi connectivity index (χ1n) is 6.77. The number of nitrogen functional groups attached to an aromatic ring is 1. The molecule has 0 saturated heterocycles. The maximum Gasteiger partial charge on any atom is 0.143 e. The minimum atomic E-state index is 0.124. The highest BCUT2D eigenvalue weighted by Crippen LogP contribution is 2.34. The molecule has 2 N–H and O–H groups in total. The second-order valence-corrected chi connectivity index (χ2v) is 6.36. The lowest BCUT2D eigenvalue weighted by molar-refractivity contribution is 0.243. The largest absolute Gasteiger partial charge is 0.489 e. The number of hydrogen-bond acceptors (Lipinski definition) is 3. The maximum atomic E-state index is 5.94. The zero-order chi connectivity index (χ0) is 14.7. The lowest BCUT2D eigenvalue weighted by Crippen LogP contribution is -2.07. The summed E-state index contributed by atoms with van der Waals surface area (Å²) < 4.78 is 5.73. The van der Waals surface area contributed by atoms with Crippen LogP contribution < -0.4 is 10.5 Å². The van der Waals surface area contributed by atoms with Crippen LogP contribution in [-0.2, 0) is 0 Å². The van der Waals surface area contributed by atoms with Crippen molar-refractivity contribution in [3.63, 3.8) is 0 Å². The highest BCUT2D eigenvalue weighted by molar-refractivity contribution is 7.99. The Morgan fingerprint density at radius 1 is 0.950 bits per heavy atom. The predicted octanol–water partition coefficient (Wildman–Crippen LogP) is 4.82. The highest BCUT2D eigenvalue weighted by atomic mass is 32.2. The van der Waals surface area contributed by atoms with Crippen molar-refractivity contribution in [2.75, 3.05) is 5.73 Å². The van der Waals surface area contributed by atoms with Crippen molar-refractivity contribution in [1.82, 2.24) is 0 Å². The van der Waals surface area contributed by atoms with Gasteiger partial charge in [0, 0.05) is 9.79 Å². The predicted molar refractivity (Wildman–Crippen MR) is 86.7 cm³/mol. The molecule has 0 unspecified atom stereocenters. The summed E-state index contributed by atoms with van der Waals surface area (Å²) in [6.45, 7) is 8.27. The zero-order valence-electron chi connectivity index (χ0n) is 12.4. The Morgan fingerprint density at radius 2 is 1.60 bits per heavy atom. The lowest BCUT2D eigenvalue weighted by atomic mass is 10.1. The fourth-order valence-electron chi connectivity index (χ4n) is 1.85. The molecule has 0 saturated carbocycles. The Labute approximate surface area is 125 Å². The molecular formula is C17H21NOS. The summed E-state index contributed by atoms with van der Waals surface area (Å²) in [5.74, 6) is 0.758. The first-order chi connectivity index (χ1) is 9.45. The summed E-state index contributed by atoms with van der Waals surface area (Å²) in [4.78, 5) is 2.37. The van der Waals surface area contributed by atoms with Gasteiger partial charge >= 0.3 is 0 Å². The first kappa shape index (κ1) is 14.8. The van der Waals surface area contributed by atoms with Crippen molar-refractivity contribution in [1.29, 1.82) is 0 Å². The van der Waals surface area contributed by atoms with Gasteiger partial charge in [0.15, 0.2) is 0 Å². The molecule has 0 spiro atoms. The van der Waals surface area contributed by atoms with Crippen LogP contribution in [0.15, 0.2) is 46.2 Å². The van der Waals surface area contributed by atoms with Crippen LogP contribution in [0.25, 0.3) is 0 Å². The summed E-state index contributed by atoms with van der Waals surface area (Å²) in [7, 11) is 0. The van der Waals surface area contributed by atoms with Gasteiger partial charge in [-0.15, -0.1) is 0 Å². The van der Waals surface area contributed by atoms with Crippen LogP contribution in [-0.4, -0.2) is 6.10 Å². The van der Waals surface area contributed by atoms with Gasteiger partial charge in [-0.05, 0) is 69.2 Å².